The molecule has 2 fully saturated rings. The van der Waals surface area contributed by atoms with Crippen LogP contribution in [0, 0.1) is 26.7 Å². The Morgan fingerprint density at radius 3 is 2.38 bits per heavy atom. The molecule has 0 spiro atoms. The molecule has 4 aliphatic rings. The fraction of sp³-hybridized carbons (Fsp3) is 0.340. The topological polar surface area (TPSA) is 79.0 Å². The van der Waals surface area contributed by atoms with E-state index in [4.69, 9.17) is 9.73 Å². The van der Waals surface area contributed by atoms with Gasteiger partial charge in [-0.3, -0.25) is 14.5 Å². The number of ether oxygens (including phenoxy) is 1. The van der Waals surface area contributed by atoms with Gasteiger partial charge in [-0.2, -0.15) is 0 Å². The Hall–Kier alpha value is -5.25. The number of aromatic hydroxyl groups is 1. The van der Waals surface area contributed by atoms with E-state index >= 15 is 0 Å². The lowest BCUT2D eigenvalue weighted by atomic mass is 9.69. The summed E-state index contributed by atoms with van der Waals surface area (Å²) in [6.45, 7) is 13.8. The molecule has 8 nitrogen and oxygen atoms in total. The molecule has 0 bridgehead atoms. The Morgan fingerprint density at radius 1 is 0.839 bits per heavy atom. The van der Waals surface area contributed by atoms with Gasteiger partial charge in [-0.25, -0.2) is 0 Å². The largest absolute Gasteiger partial charge is 0.508 e. The Kier molecular flexibility index (Phi) is 8.82. The normalized spacial score (nSPS) is 21.0. The van der Waals surface area contributed by atoms with Crippen LogP contribution in [0.3, 0.4) is 0 Å². The highest BCUT2D eigenvalue weighted by atomic mass is 32.1. The van der Waals surface area contributed by atoms with Gasteiger partial charge in [0.05, 0.1) is 5.71 Å². The molecule has 0 radical (unpaired) electrons. The number of nitrogens with zero attached hydrogens (tertiary/aromatic N) is 6. The van der Waals surface area contributed by atoms with Crippen LogP contribution in [-0.2, 0) is 6.42 Å². The van der Waals surface area contributed by atoms with Gasteiger partial charge in [-0.05, 0) is 111 Å². The first-order valence-corrected chi connectivity index (χ1v) is 20.9. The zero-order chi connectivity index (χ0) is 38.1. The van der Waals surface area contributed by atoms with E-state index in [-0.39, 0.29) is 18.1 Å². The van der Waals surface area contributed by atoms with Gasteiger partial charge < -0.3 is 14.7 Å². The molecule has 4 aromatic carbocycles. The molecule has 56 heavy (non-hydrogen) atoms. The molecule has 9 heteroatoms. The first-order chi connectivity index (χ1) is 27.3. The number of likely N-dealkylation sites (tertiary alicyclic amines) is 1. The van der Waals surface area contributed by atoms with Crippen LogP contribution in [0.15, 0.2) is 102 Å². The lowest BCUT2D eigenvalue weighted by Crippen LogP contribution is -2.59. The van der Waals surface area contributed by atoms with Gasteiger partial charge in [0.1, 0.15) is 34.5 Å². The number of rotatable bonds is 8. The summed E-state index contributed by atoms with van der Waals surface area (Å²) in [6, 6.07) is 34.6. The van der Waals surface area contributed by atoms with E-state index in [0.717, 1.165) is 74.2 Å². The molecule has 1 N–H and O–H groups in total. The van der Waals surface area contributed by atoms with Crippen LogP contribution in [-0.4, -0.2) is 69.3 Å². The summed E-state index contributed by atoms with van der Waals surface area (Å²) in [6.07, 6.45) is 2.26. The number of fused-ring (bicyclic) bond motifs is 4. The minimum atomic E-state index is -0.0794. The highest BCUT2D eigenvalue weighted by molar-refractivity contribution is 7.15. The van der Waals surface area contributed by atoms with Gasteiger partial charge in [-0.15, -0.1) is 21.5 Å². The average Bonchev–Trinajstić information content (AvgIpc) is 3.67. The number of phenols is 1. The monoisotopic (exact) mass is 760 g/mol. The highest BCUT2D eigenvalue weighted by Crippen LogP contribution is 2.47. The first kappa shape index (κ1) is 35.2. The molecule has 6 aromatic rings. The highest BCUT2D eigenvalue weighted by Gasteiger charge is 2.36. The van der Waals surface area contributed by atoms with Crippen LogP contribution in [0.25, 0.3) is 5.00 Å². The number of aromatic nitrogens is 3. The van der Waals surface area contributed by atoms with E-state index in [1.807, 2.05) is 19.1 Å². The van der Waals surface area contributed by atoms with Crippen molar-refractivity contribution in [3.05, 3.63) is 153 Å². The standard InChI is InChI=1S/C47H48N6O2S/c1-28-30(3)56-47-43(28)45(48-29(2)46-50-49-31(4)53(46)47)35-10-15-37(16-11-35)52-24-32(25-52)23-51-26-40(27-51)55-39-18-12-34(13-19-39)44-41(33-8-6-5-7-9-33)20-14-36-22-38(54)17-21-42(36)44/h5-13,15-19,21-22,29,32,40-41,44,54H,14,20,23-27H2,1-4H3/t29-,41-,44+/m0/s1. The van der Waals surface area contributed by atoms with Crippen molar-refractivity contribution in [3.8, 4) is 16.5 Å². The fourth-order valence-electron chi connectivity index (χ4n) is 9.54. The lowest BCUT2D eigenvalue weighted by molar-refractivity contribution is 0.00753. The summed E-state index contributed by atoms with van der Waals surface area (Å²) >= 11 is 1.80. The number of hydrogen-bond acceptors (Lipinski definition) is 8. The van der Waals surface area contributed by atoms with Crippen LogP contribution in [0.5, 0.6) is 11.5 Å². The van der Waals surface area contributed by atoms with Gasteiger partial charge >= 0.3 is 0 Å². The van der Waals surface area contributed by atoms with E-state index in [1.54, 1.807) is 11.3 Å². The first-order valence-electron chi connectivity index (χ1n) is 20.1. The molecular formula is C47H48N6O2S. The number of benzene rings is 4. The zero-order valence-corrected chi connectivity index (χ0v) is 33.3. The maximum absolute atomic E-state index is 10.2. The second-order valence-corrected chi connectivity index (χ2v) is 17.5. The second-order valence-electron chi connectivity index (χ2n) is 16.3. The van der Waals surface area contributed by atoms with Crippen molar-refractivity contribution in [1.29, 1.82) is 0 Å². The Morgan fingerprint density at radius 2 is 1.61 bits per heavy atom. The molecular weight excluding hydrogens is 713 g/mol. The maximum atomic E-state index is 10.2. The van der Waals surface area contributed by atoms with E-state index in [9.17, 15) is 5.11 Å². The number of thiophene rings is 1. The minimum absolute atomic E-state index is 0.0794. The second kappa shape index (κ2) is 14.0. The van der Waals surface area contributed by atoms with Gasteiger partial charge in [0, 0.05) is 66.3 Å². The quantitative estimate of drug-likeness (QED) is 0.167. The third kappa shape index (κ3) is 6.21. The summed E-state index contributed by atoms with van der Waals surface area (Å²) in [7, 11) is 0. The smallest absolute Gasteiger partial charge is 0.162 e. The predicted octanol–water partition coefficient (Wildman–Crippen LogP) is 8.93. The van der Waals surface area contributed by atoms with Gasteiger partial charge in [0.2, 0.25) is 0 Å². The van der Waals surface area contributed by atoms with Crippen molar-refractivity contribution in [3.63, 3.8) is 0 Å². The van der Waals surface area contributed by atoms with E-state index in [0.29, 0.717) is 17.6 Å². The molecule has 2 aromatic heterocycles. The van der Waals surface area contributed by atoms with Crippen molar-refractivity contribution in [1.82, 2.24) is 19.7 Å². The molecule has 0 amide bonds. The zero-order valence-electron chi connectivity index (χ0n) is 32.5. The average molecular weight is 761 g/mol. The number of hydrogen-bond donors (Lipinski definition) is 1. The fourth-order valence-corrected chi connectivity index (χ4v) is 10.8. The van der Waals surface area contributed by atoms with E-state index < -0.39 is 0 Å². The summed E-state index contributed by atoms with van der Waals surface area (Å²) < 4.78 is 8.67. The Balaban J connectivity index is 0.741. The van der Waals surface area contributed by atoms with Crippen LogP contribution >= 0.6 is 11.3 Å². The van der Waals surface area contributed by atoms with E-state index in [1.165, 1.54) is 48.9 Å². The predicted molar refractivity (Wildman–Crippen MR) is 224 cm³/mol. The van der Waals surface area contributed by atoms with Crippen LogP contribution in [0.1, 0.15) is 86.7 Å². The number of anilines is 1. The maximum Gasteiger partial charge on any atom is 0.162 e. The number of aliphatic imine (C=N–C) groups is 1. The molecule has 0 unspecified atom stereocenters. The SMILES string of the molecule is Cc1sc2c(c1C)C(c1ccc(N3CC(CN4CC(Oc5ccc([C@H]6c7ccc(O)cc7CC[C@H]6c6ccccc6)cc5)C4)C3)cc1)=N[C@@H](C)c1nnc(C)n1-2. The molecule has 3 aliphatic heterocycles. The molecule has 3 atom stereocenters. The van der Waals surface area contributed by atoms with Gasteiger partial charge in [-0.1, -0.05) is 60.7 Å². The molecule has 10 rings (SSSR count). The van der Waals surface area contributed by atoms with Gasteiger partial charge in [0.15, 0.2) is 5.82 Å². The summed E-state index contributed by atoms with van der Waals surface area (Å²) in [5.41, 5.74) is 11.2. The molecule has 1 aliphatic carbocycles. The van der Waals surface area contributed by atoms with Crippen molar-refractivity contribution in [2.45, 2.75) is 64.5 Å². The van der Waals surface area contributed by atoms with Crippen molar-refractivity contribution in [2.75, 3.05) is 37.6 Å². The lowest BCUT2D eigenvalue weighted by Gasteiger charge is -2.47. The minimum Gasteiger partial charge on any atom is -0.508 e. The molecule has 0 saturated carbocycles. The molecule has 5 heterocycles. The van der Waals surface area contributed by atoms with E-state index in [2.05, 4.69) is 130 Å². The summed E-state index contributed by atoms with van der Waals surface area (Å²) in [5, 5.41) is 20.3. The molecule has 2 saturated heterocycles. The van der Waals surface area contributed by atoms with Gasteiger partial charge in [0.25, 0.3) is 0 Å². The summed E-state index contributed by atoms with van der Waals surface area (Å²) in [4.78, 5) is 11.6. The molecule has 284 valence electrons. The third-order valence-electron chi connectivity index (χ3n) is 12.6. The third-order valence-corrected chi connectivity index (χ3v) is 13.8. The summed E-state index contributed by atoms with van der Waals surface area (Å²) in [5.74, 6) is 4.40. The Labute approximate surface area is 333 Å². The van der Waals surface area contributed by atoms with Crippen molar-refractivity contribution in [2.24, 2.45) is 10.9 Å². The van der Waals surface area contributed by atoms with Crippen LogP contribution < -0.4 is 9.64 Å². The number of phenolic OH excluding ortho intramolecular Hbond substituents is 1. The Bertz CT molecular complexity index is 2420. The van der Waals surface area contributed by atoms with Crippen molar-refractivity contribution < 1.29 is 9.84 Å². The van der Waals surface area contributed by atoms with Crippen LogP contribution in [0.2, 0.25) is 0 Å². The van der Waals surface area contributed by atoms with Crippen LogP contribution in [0.4, 0.5) is 5.69 Å². The number of aryl methyl sites for hydroxylation is 3. The van der Waals surface area contributed by atoms with Crippen molar-refractivity contribution >= 4 is 22.7 Å².